The monoisotopic (exact) mass is 449 g/mol. The van der Waals surface area contributed by atoms with Gasteiger partial charge in [-0.1, -0.05) is 12.0 Å². The number of terminal acetylenes is 1. The largest absolute Gasteiger partial charge is 0.494 e. The van der Waals surface area contributed by atoms with Crippen molar-refractivity contribution in [2.75, 3.05) is 58.3 Å². The summed E-state index contributed by atoms with van der Waals surface area (Å²) >= 11 is 0. The van der Waals surface area contributed by atoms with Gasteiger partial charge in [0.2, 0.25) is 0 Å². The maximum absolute atomic E-state index is 13.0. The summed E-state index contributed by atoms with van der Waals surface area (Å²) < 4.78 is 15.7. The Balaban J connectivity index is 1.93. The molecule has 1 heterocycles. The van der Waals surface area contributed by atoms with Gasteiger partial charge in [0.15, 0.2) is 0 Å². The van der Waals surface area contributed by atoms with Gasteiger partial charge in [0, 0.05) is 50.0 Å². The molecule has 0 bridgehead atoms. The molecule has 9 nitrogen and oxygen atoms in total. The second kappa shape index (κ2) is 11.7. The topological polar surface area (TPSA) is 97.8 Å². The fourth-order valence-electron chi connectivity index (χ4n) is 3.19. The lowest BCUT2D eigenvalue weighted by Crippen LogP contribution is -2.39. The van der Waals surface area contributed by atoms with Gasteiger partial charge in [-0.05, 0) is 24.3 Å². The average molecular weight is 450 g/mol. The van der Waals surface area contributed by atoms with Crippen LogP contribution in [0.5, 0.6) is 5.75 Å². The van der Waals surface area contributed by atoms with Crippen LogP contribution in [0.25, 0.3) is 10.9 Å². The minimum atomic E-state index is -0.296. The van der Waals surface area contributed by atoms with E-state index in [0.717, 1.165) is 11.3 Å². The number of methoxy groups -OCH3 is 3. The van der Waals surface area contributed by atoms with E-state index in [9.17, 15) is 4.79 Å². The molecule has 9 heteroatoms. The fourth-order valence-corrected chi connectivity index (χ4v) is 3.19. The number of nitrogens with one attached hydrogen (secondary N) is 2. The standard InChI is InChI=1S/C24H27N5O4/c1-5-17-7-6-8-18(13-17)27-23-19-14-21(22(33-4)15-20(19)25-16-26-23)28-24(30)29(9-11-31-2)10-12-32-3/h1,6-8,13-16H,9-12H2,2-4H3,(H,28,30)(H,25,26,27). The molecule has 0 atom stereocenters. The zero-order valence-electron chi connectivity index (χ0n) is 18.9. The number of amides is 2. The van der Waals surface area contributed by atoms with Gasteiger partial charge in [-0.2, -0.15) is 0 Å². The first-order valence-electron chi connectivity index (χ1n) is 10.3. The van der Waals surface area contributed by atoms with Gasteiger partial charge in [0.05, 0.1) is 31.5 Å². The minimum absolute atomic E-state index is 0.296. The molecule has 1 aromatic heterocycles. The summed E-state index contributed by atoms with van der Waals surface area (Å²) in [7, 11) is 4.72. The number of anilines is 3. The van der Waals surface area contributed by atoms with Crippen LogP contribution in [0.3, 0.4) is 0 Å². The van der Waals surface area contributed by atoms with Gasteiger partial charge in [-0.3, -0.25) is 0 Å². The molecule has 0 saturated carbocycles. The highest BCUT2D eigenvalue weighted by Gasteiger charge is 2.17. The lowest BCUT2D eigenvalue weighted by molar-refractivity contribution is 0.127. The normalized spacial score (nSPS) is 10.5. The summed E-state index contributed by atoms with van der Waals surface area (Å²) in [5.41, 5.74) is 2.69. The van der Waals surface area contributed by atoms with Crippen molar-refractivity contribution in [3.8, 4) is 18.1 Å². The van der Waals surface area contributed by atoms with E-state index in [-0.39, 0.29) is 6.03 Å². The lowest BCUT2D eigenvalue weighted by Gasteiger charge is -2.23. The number of rotatable bonds is 10. The highest BCUT2D eigenvalue weighted by Crippen LogP contribution is 2.33. The zero-order valence-corrected chi connectivity index (χ0v) is 18.9. The number of fused-ring (bicyclic) bond motifs is 1. The van der Waals surface area contributed by atoms with Gasteiger partial charge in [-0.25, -0.2) is 14.8 Å². The van der Waals surface area contributed by atoms with Crippen LogP contribution in [0, 0.1) is 12.3 Å². The van der Waals surface area contributed by atoms with Crippen molar-refractivity contribution in [3.63, 3.8) is 0 Å². The molecule has 0 unspecified atom stereocenters. The molecule has 33 heavy (non-hydrogen) atoms. The number of aromatic nitrogens is 2. The third kappa shape index (κ3) is 6.10. The Labute approximate surface area is 193 Å². The second-order valence-electron chi connectivity index (χ2n) is 7.04. The third-order valence-corrected chi connectivity index (χ3v) is 4.91. The van der Waals surface area contributed by atoms with Crippen LogP contribution >= 0.6 is 0 Å². The summed E-state index contributed by atoms with van der Waals surface area (Å²) in [5.74, 6) is 3.67. The third-order valence-electron chi connectivity index (χ3n) is 4.91. The van der Waals surface area contributed by atoms with Gasteiger partial charge < -0.3 is 29.7 Å². The SMILES string of the molecule is C#Cc1cccc(Nc2ncnc3cc(OC)c(NC(=O)N(CCOC)CCOC)cc23)c1. The van der Waals surface area contributed by atoms with Crippen LogP contribution in [-0.4, -0.2) is 68.5 Å². The second-order valence-corrected chi connectivity index (χ2v) is 7.04. The Morgan fingerprint density at radius 1 is 1.09 bits per heavy atom. The van der Waals surface area contributed by atoms with Crippen molar-refractivity contribution in [1.82, 2.24) is 14.9 Å². The van der Waals surface area contributed by atoms with E-state index in [2.05, 4.69) is 26.5 Å². The smallest absolute Gasteiger partial charge is 0.322 e. The Kier molecular flexibility index (Phi) is 8.41. The first-order chi connectivity index (χ1) is 16.1. The maximum atomic E-state index is 13.0. The number of nitrogens with zero attached hydrogens (tertiary/aromatic N) is 3. The first kappa shape index (κ1) is 23.8. The van der Waals surface area contributed by atoms with Crippen LogP contribution in [0.15, 0.2) is 42.7 Å². The summed E-state index contributed by atoms with van der Waals surface area (Å²) in [4.78, 5) is 23.3. The summed E-state index contributed by atoms with van der Waals surface area (Å²) in [6.45, 7) is 1.65. The predicted octanol–water partition coefficient (Wildman–Crippen LogP) is 3.49. The molecule has 0 aliphatic carbocycles. The molecule has 0 saturated heterocycles. The van der Waals surface area contributed by atoms with E-state index in [1.54, 1.807) is 31.3 Å². The van der Waals surface area contributed by atoms with E-state index in [1.165, 1.54) is 13.4 Å². The number of hydrogen-bond acceptors (Lipinski definition) is 7. The van der Waals surface area contributed by atoms with Gasteiger partial charge >= 0.3 is 6.03 Å². The average Bonchev–Trinajstić information content (AvgIpc) is 2.84. The van der Waals surface area contributed by atoms with Crippen molar-refractivity contribution >= 4 is 34.1 Å². The molecule has 0 aliphatic heterocycles. The van der Waals surface area contributed by atoms with Crippen LogP contribution in [0.1, 0.15) is 5.56 Å². The predicted molar refractivity (Wildman–Crippen MR) is 128 cm³/mol. The van der Waals surface area contributed by atoms with Crippen LogP contribution in [-0.2, 0) is 9.47 Å². The lowest BCUT2D eigenvalue weighted by atomic mass is 10.1. The van der Waals surface area contributed by atoms with Crippen molar-refractivity contribution < 1.29 is 19.0 Å². The molecule has 0 fully saturated rings. The van der Waals surface area contributed by atoms with Crippen LogP contribution in [0.4, 0.5) is 22.0 Å². The Morgan fingerprint density at radius 3 is 2.52 bits per heavy atom. The fraction of sp³-hybridized carbons (Fsp3) is 0.292. The number of ether oxygens (including phenoxy) is 3. The van der Waals surface area contributed by atoms with Crippen molar-refractivity contribution in [2.24, 2.45) is 0 Å². The number of urea groups is 1. The molecular formula is C24H27N5O4. The molecule has 2 amide bonds. The van der Waals surface area contributed by atoms with Crippen molar-refractivity contribution in [2.45, 2.75) is 0 Å². The molecule has 0 aliphatic rings. The quantitative estimate of drug-likeness (QED) is 0.457. The van der Waals surface area contributed by atoms with E-state index in [4.69, 9.17) is 20.6 Å². The molecule has 3 aromatic rings. The molecule has 2 aromatic carbocycles. The first-order valence-corrected chi connectivity index (χ1v) is 10.3. The summed E-state index contributed by atoms with van der Waals surface area (Å²) in [6, 6.07) is 10.7. The molecule has 172 valence electrons. The number of carbonyl (C=O) groups excluding carboxylic acids is 1. The Morgan fingerprint density at radius 2 is 1.85 bits per heavy atom. The van der Waals surface area contributed by atoms with E-state index in [0.29, 0.717) is 54.5 Å². The van der Waals surface area contributed by atoms with Crippen molar-refractivity contribution in [3.05, 3.63) is 48.3 Å². The molecule has 3 rings (SSSR count). The van der Waals surface area contributed by atoms with Gasteiger partial charge in [0.25, 0.3) is 0 Å². The molecule has 0 radical (unpaired) electrons. The van der Waals surface area contributed by atoms with Gasteiger partial charge in [-0.15, -0.1) is 6.42 Å². The summed E-state index contributed by atoms with van der Waals surface area (Å²) in [5, 5.41) is 6.90. The molecular weight excluding hydrogens is 422 g/mol. The number of carbonyl (C=O) groups is 1. The highest BCUT2D eigenvalue weighted by atomic mass is 16.5. The van der Waals surface area contributed by atoms with E-state index < -0.39 is 0 Å². The zero-order chi connectivity index (χ0) is 23.6. The van der Waals surface area contributed by atoms with Crippen molar-refractivity contribution in [1.29, 1.82) is 0 Å². The Bertz CT molecular complexity index is 1140. The number of hydrogen-bond donors (Lipinski definition) is 2. The van der Waals surface area contributed by atoms with Crippen LogP contribution < -0.4 is 15.4 Å². The summed E-state index contributed by atoms with van der Waals surface area (Å²) in [6.07, 6.45) is 6.97. The molecule has 2 N–H and O–H groups in total. The molecule has 0 spiro atoms. The highest BCUT2D eigenvalue weighted by molar-refractivity contribution is 5.99. The minimum Gasteiger partial charge on any atom is -0.494 e. The van der Waals surface area contributed by atoms with E-state index in [1.807, 2.05) is 24.3 Å². The maximum Gasteiger partial charge on any atom is 0.322 e. The van der Waals surface area contributed by atoms with E-state index >= 15 is 0 Å². The number of benzene rings is 2. The Hall–Kier alpha value is -3.87. The van der Waals surface area contributed by atoms with Gasteiger partial charge in [0.1, 0.15) is 17.9 Å². The van der Waals surface area contributed by atoms with Crippen LogP contribution in [0.2, 0.25) is 0 Å².